The van der Waals surface area contributed by atoms with Crippen molar-refractivity contribution < 1.29 is 29.0 Å². The number of halogens is 1. The minimum Gasteiger partial charge on any atom is -0.477 e. The monoisotopic (exact) mass is 543 g/mol. The lowest BCUT2D eigenvalue weighted by Gasteiger charge is -2.48. The molecule has 1 aliphatic carbocycles. The first-order valence-electron chi connectivity index (χ1n) is 12.4. The van der Waals surface area contributed by atoms with Crippen LogP contribution >= 0.6 is 11.8 Å². The van der Waals surface area contributed by atoms with Crippen molar-refractivity contribution in [2.45, 2.75) is 30.3 Å². The van der Waals surface area contributed by atoms with E-state index in [-0.39, 0.29) is 34.0 Å². The fourth-order valence-electron chi connectivity index (χ4n) is 5.53. The van der Waals surface area contributed by atoms with Gasteiger partial charge in [-0.1, -0.05) is 0 Å². The van der Waals surface area contributed by atoms with Crippen molar-refractivity contribution in [3.63, 3.8) is 0 Å². The van der Waals surface area contributed by atoms with Gasteiger partial charge in [0.15, 0.2) is 0 Å². The van der Waals surface area contributed by atoms with Gasteiger partial charge < -0.3 is 25.4 Å². The second-order valence-electron chi connectivity index (χ2n) is 10.1. The summed E-state index contributed by atoms with van der Waals surface area (Å²) in [6, 6.07) is 2.18. The predicted molar refractivity (Wildman–Crippen MR) is 138 cm³/mol. The summed E-state index contributed by atoms with van der Waals surface area (Å²) in [7, 11) is 0. The molecule has 1 aromatic heterocycles. The van der Waals surface area contributed by atoms with Gasteiger partial charge in [-0.05, 0) is 30.5 Å². The van der Waals surface area contributed by atoms with Crippen molar-refractivity contribution >= 4 is 46.2 Å². The number of aromatic nitrogens is 1. The first kappa shape index (κ1) is 24.9. The van der Waals surface area contributed by atoms with E-state index in [1.807, 2.05) is 4.90 Å². The van der Waals surface area contributed by atoms with E-state index in [0.29, 0.717) is 55.3 Å². The maximum atomic E-state index is 15.3. The molecule has 13 heteroatoms. The van der Waals surface area contributed by atoms with Crippen LogP contribution < -0.4 is 16.1 Å². The number of rotatable bonds is 6. The Balaban J connectivity index is 1.23. The number of pyridine rings is 1. The number of fused-ring (bicyclic) bond motifs is 2. The Hall–Kier alpha value is -3.42. The first-order valence-corrected chi connectivity index (χ1v) is 13.4. The second kappa shape index (κ2) is 9.10. The molecule has 0 spiro atoms. The van der Waals surface area contributed by atoms with Crippen LogP contribution in [0.3, 0.4) is 0 Å². The summed E-state index contributed by atoms with van der Waals surface area (Å²) in [6.45, 7) is 2.42. The van der Waals surface area contributed by atoms with Crippen LogP contribution in [0.4, 0.5) is 10.1 Å². The summed E-state index contributed by atoms with van der Waals surface area (Å²) < 4.78 is 17.0. The van der Waals surface area contributed by atoms with Gasteiger partial charge in [0.1, 0.15) is 28.5 Å². The second-order valence-corrected chi connectivity index (χ2v) is 11.2. The molecule has 6 rings (SSSR count). The number of nitrogens with two attached hydrogens (primary N) is 1. The van der Waals surface area contributed by atoms with Gasteiger partial charge in [-0.25, -0.2) is 14.0 Å². The minimum absolute atomic E-state index is 0.0160. The van der Waals surface area contributed by atoms with Crippen LogP contribution in [-0.2, 0) is 9.59 Å². The Morgan fingerprint density at radius 1 is 1.08 bits per heavy atom. The molecule has 11 nitrogen and oxygen atoms in total. The van der Waals surface area contributed by atoms with Crippen molar-refractivity contribution in [2.75, 3.05) is 43.4 Å². The average Bonchev–Trinajstić information content (AvgIpc) is 3.74. The van der Waals surface area contributed by atoms with Gasteiger partial charge in [-0.3, -0.25) is 19.4 Å². The summed E-state index contributed by atoms with van der Waals surface area (Å²) in [5, 5.41) is 18.9. The third-order valence-corrected chi connectivity index (χ3v) is 9.05. The van der Waals surface area contributed by atoms with E-state index in [1.54, 1.807) is 10.6 Å². The molecule has 3 fully saturated rings. The quantitative estimate of drug-likeness (QED) is 0.448. The van der Waals surface area contributed by atoms with E-state index in [1.165, 1.54) is 22.9 Å². The van der Waals surface area contributed by atoms with Crippen LogP contribution in [0.1, 0.15) is 29.2 Å². The van der Waals surface area contributed by atoms with E-state index in [9.17, 15) is 29.4 Å². The topological polar surface area (TPSA) is 149 Å². The molecule has 1 saturated carbocycles. The molecule has 2 saturated heterocycles. The highest BCUT2D eigenvalue weighted by Gasteiger charge is 2.51. The fraction of sp³-hybridized carbons (Fsp3) is 0.440. The highest BCUT2D eigenvalue weighted by molar-refractivity contribution is 8.00. The Labute approximate surface area is 220 Å². The molecule has 1 amide bonds. The molecule has 4 N–H and O–H groups in total. The third kappa shape index (κ3) is 3.96. The largest absolute Gasteiger partial charge is 0.477 e. The zero-order valence-corrected chi connectivity index (χ0v) is 21.1. The summed E-state index contributed by atoms with van der Waals surface area (Å²) in [4.78, 5) is 53.7. The average molecular weight is 544 g/mol. The number of carboxylic acid groups (broad SMARTS) is 2. The van der Waals surface area contributed by atoms with Gasteiger partial charge >= 0.3 is 11.9 Å². The minimum atomic E-state index is -1.33. The van der Waals surface area contributed by atoms with Crippen molar-refractivity contribution in [2.24, 2.45) is 5.73 Å². The number of hydrogen-bond donors (Lipinski definition) is 3. The smallest absolute Gasteiger partial charge is 0.352 e. The molecule has 3 aliphatic heterocycles. The Morgan fingerprint density at radius 2 is 1.79 bits per heavy atom. The molecule has 0 unspecified atom stereocenters. The van der Waals surface area contributed by atoms with Crippen LogP contribution in [0.25, 0.3) is 10.9 Å². The number of piperazine rings is 1. The lowest BCUT2D eigenvalue weighted by Crippen LogP contribution is -2.68. The van der Waals surface area contributed by atoms with Crippen LogP contribution in [0.5, 0.6) is 0 Å². The SMILES string of the molecule is N[C@@H]1C(=O)N2C(C(=O)O)=C(CN3CCN(c4cc5c(cc4F)c(=O)c(C(=O)O)cn5C4CC4)CC3)CS[C@H]12. The number of thioether (sulfide) groups is 1. The normalized spacial score (nSPS) is 24.0. The number of anilines is 1. The lowest BCUT2D eigenvalue weighted by molar-refractivity contribution is -0.148. The van der Waals surface area contributed by atoms with Gasteiger partial charge in [-0.15, -0.1) is 11.8 Å². The molecule has 1 aromatic carbocycles. The number of aliphatic carboxylic acids is 1. The van der Waals surface area contributed by atoms with Gasteiger partial charge in [0.2, 0.25) is 11.3 Å². The Morgan fingerprint density at radius 3 is 2.42 bits per heavy atom. The number of carbonyl (C=O) groups excluding carboxylic acids is 1. The van der Waals surface area contributed by atoms with Gasteiger partial charge in [-0.2, -0.15) is 0 Å². The molecular weight excluding hydrogens is 517 g/mol. The standard InChI is InChI=1S/C25H26FN5O6S/c26-16-7-14-17(30(13-1-2-13)10-15(21(14)32)24(34)35)8-18(16)29-5-3-28(4-6-29)9-12-11-38-23-19(27)22(33)31(23)20(12)25(36)37/h7-8,10,13,19,23H,1-6,9,11,27H2,(H,34,35)(H,36,37)/t19-,23-/m1/s1. The first-order chi connectivity index (χ1) is 18.2. The number of carbonyl (C=O) groups is 3. The van der Waals surface area contributed by atoms with Crippen molar-refractivity contribution in [3.05, 3.63) is 51.2 Å². The summed E-state index contributed by atoms with van der Waals surface area (Å²) in [6.07, 6.45) is 3.09. The molecule has 4 heterocycles. The summed E-state index contributed by atoms with van der Waals surface area (Å²) >= 11 is 1.46. The lowest BCUT2D eigenvalue weighted by atomic mass is 10.0. The van der Waals surface area contributed by atoms with Crippen LogP contribution in [0, 0.1) is 5.82 Å². The zero-order valence-electron chi connectivity index (χ0n) is 20.3. The van der Waals surface area contributed by atoms with Crippen molar-refractivity contribution in [1.82, 2.24) is 14.4 Å². The Bertz CT molecular complexity index is 1480. The number of carboxylic acids is 2. The van der Waals surface area contributed by atoms with Gasteiger partial charge in [0, 0.05) is 56.1 Å². The third-order valence-electron chi connectivity index (χ3n) is 7.69. The molecule has 2 aromatic rings. The zero-order chi connectivity index (χ0) is 26.9. The van der Waals surface area contributed by atoms with E-state index in [0.717, 1.165) is 18.9 Å². The molecule has 4 aliphatic rings. The molecule has 0 radical (unpaired) electrons. The summed E-state index contributed by atoms with van der Waals surface area (Å²) in [5.74, 6) is -2.98. The van der Waals surface area contributed by atoms with E-state index >= 15 is 4.39 Å². The van der Waals surface area contributed by atoms with E-state index in [2.05, 4.69) is 4.90 Å². The van der Waals surface area contributed by atoms with Gasteiger partial charge in [0.05, 0.1) is 11.2 Å². The Kier molecular flexibility index (Phi) is 5.96. The number of β-lactam (4-membered cyclic amide) rings is 1. The van der Waals surface area contributed by atoms with E-state index in [4.69, 9.17) is 5.73 Å². The molecule has 0 bridgehead atoms. The number of amides is 1. The highest BCUT2D eigenvalue weighted by Crippen LogP contribution is 2.40. The highest BCUT2D eigenvalue weighted by atomic mass is 32.2. The van der Waals surface area contributed by atoms with Crippen LogP contribution in [0.15, 0.2) is 34.4 Å². The van der Waals surface area contributed by atoms with Crippen LogP contribution in [-0.4, -0.2) is 92.3 Å². The van der Waals surface area contributed by atoms with Crippen LogP contribution in [0.2, 0.25) is 0 Å². The van der Waals surface area contributed by atoms with E-state index < -0.39 is 29.2 Å². The van der Waals surface area contributed by atoms with Gasteiger partial charge in [0.25, 0.3) is 0 Å². The number of benzene rings is 1. The number of hydrogen-bond acceptors (Lipinski definition) is 8. The molecule has 38 heavy (non-hydrogen) atoms. The van der Waals surface area contributed by atoms with Crippen molar-refractivity contribution in [3.8, 4) is 0 Å². The summed E-state index contributed by atoms with van der Waals surface area (Å²) in [5.41, 5.74) is 6.30. The molecule has 200 valence electrons. The van der Waals surface area contributed by atoms with Crippen molar-refractivity contribution in [1.29, 1.82) is 0 Å². The maximum absolute atomic E-state index is 15.3. The maximum Gasteiger partial charge on any atom is 0.352 e. The molecule has 2 atom stereocenters. The predicted octanol–water partition coefficient (Wildman–Crippen LogP) is 0.877. The number of aromatic carboxylic acids is 1. The molecular formula is C25H26FN5O6S. The fourth-order valence-corrected chi connectivity index (χ4v) is 6.81. The number of nitrogens with zero attached hydrogens (tertiary/aromatic N) is 4.